The van der Waals surface area contributed by atoms with Crippen LogP contribution in [0.2, 0.25) is 0 Å². The molecular weight excluding hydrogens is 300 g/mol. The van der Waals surface area contributed by atoms with Gasteiger partial charge in [0.2, 0.25) is 12.7 Å². The van der Waals surface area contributed by atoms with Gasteiger partial charge in [-0.05, 0) is 36.4 Å². The number of carbonyl (C=O) groups excluding carboxylic acids is 2. The zero-order valence-electron chi connectivity index (χ0n) is 12.1. The minimum absolute atomic E-state index is 0.156. The summed E-state index contributed by atoms with van der Waals surface area (Å²) in [6, 6.07) is 11.3. The molecule has 0 atom stereocenters. The van der Waals surface area contributed by atoms with Crippen LogP contribution in [0, 0.1) is 0 Å². The lowest BCUT2D eigenvalue weighted by Crippen LogP contribution is -2.20. The lowest BCUT2D eigenvalue weighted by molar-refractivity contribution is -0.118. The standard InChI is InChI=1S/C16H14N2O5/c17-16(20)10-1-3-11(4-2-10)18-15(19)8-21-12-5-6-13-14(7-12)23-9-22-13/h1-7H,8-9H2,(H2,17,20)(H,18,19). The van der Waals surface area contributed by atoms with Gasteiger partial charge >= 0.3 is 0 Å². The van der Waals surface area contributed by atoms with E-state index in [1.807, 2.05) is 0 Å². The van der Waals surface area contributed by atoms with Crippen molar-refractivity contribution in [1.29, 1.82) is 0 Å². The van der Waals surface area contributed by atoms with Gasteiger partial charge in [0.25, 0.3) is 5.91 Å². The number of nitrogens with one attached hydrogen (secondary N) is 1. The number of benzene rings is 2. The fourth-order valence-electron chi connectivity index (χ4n) is 2.03. The highest BCUT2D eigenvalue weighted by Gasteiger charge is 2.14. The van der Waals surface area contributed by atoms with E-state index in [1.54, 1.807) is 30.3 Å². The number of nitrogens with two attached hydrogens (primary N) is 1. The molecule has 23 heavy (non-hydrogen) atoms. The molecule has 1 heterocycles. The lowest BCUT2D eigenvalue weighted by atomic mass is 10.2. The molecule has 0 aliphatic carbocycles. The lowest BCUT2D eigenvalue weighted by Gasteiger charge is -2.08. The molecule has 2 amide bonds. The number of rotatable bonds is 5. The van der Waals surface area contributed by atoms with Gasteiger partial charge in [0.1, 0.15) is 5.75 Å². The summed E-state index contributed by atoms with van der Waals surface area (Å²) in [5.74, 6) is 0.901. The van der Waals surface area contributed by atoms with E-state index in [0.717, 1.165) is 0 Å². The second-order valence-electron chi connectivity index (χ2n) is 4.79. The van der Waals surface area contributed by atoms with Gasteiger partial charge in [-0.2, -0.15) is 0 Å². The van der Waals surface area contributed by atoms with Gasteiger partial charge in [-0.3, -0.25) is 9.59 Å². The quantitative estimate of drug-likeness (QED) is 0.872. The van der Waals surface area contributed by atoms with Crippen LogP contribution in [0.15, 0.2) is 42.5 Å². The van der Waals surface area contributed by atoms with Crippen molar-refractivity contribution in [1.82, 2.24) is 0 Å². The van der Waals surface area contributed by atoms with Crippen molar-refractivity contribution >= 4 is 17.5 Å². The predicted octanol–water partition coefficient (Wildman–Crippen LogP) is 1.53. The van der Waals surface area contributed by atoms with Crippen molar-refractivity contribution in [3.8, 4) is 17.2 Å². The fourth-order valence-corrected chi connectivity index (χ4v) is 2.03. The summed E-state index contributed by atoms with van der Waals surface area (Å²) in [6.07, 6.45) is 0. The summed E-state index contributed by atoms with van der Waals surface area (Å²) in [7, 11) is 0. The molecule has 7 nitrogen and oxygen atoms in total. The molecule has 1 aliphatic heterocycles. The molecule has 3 N–H and O–H groups in total. The number of ether oxygens (including phenoxy) is 3. The van der Waals surface area contributed by atoms with Crippen molar-refractivity contribution in [3.63, 3.8) is 0 Å². The van der Waals surface area contributed by atoms with Gasteiger partial charge in [-0.25, -0.2) is 0 Å². The number of hydrogen-bond acceptors (Lipinski definition) is 5. The molecule has 2 aromatic rings. The van der Waals surface area contributed by atoms with Crippen LogP contribution in [0.4, 0.5) is 5.69 Å². The first-order chi connectivity index (χ1) is 11.1. The second kappa shape index (κ2) is 6.27. The van der Waals surface area contributed by atoms with Gasteiger partial charge in [0.05, 0.1) is 0 Å². The molecule has 0 bridgehead atoms. The van der Waals surface area contributed by atoms with E-state index in [9.17, 15) is 9.59 Å². The Kier molecular flexibility index (Phi) is 4.01. The monoisotopic (exact) mass is 314 g/mol. The summed E-state index contributed by atoms with van der Waals surface area (Å²) < 4.78 is 15.8. The highest BCUT2D eigenvalue weighted by molar-refractivity contribution is 5.95. The first-order valence-electron chi connectivity index (χ1n) is 6.84. The van der Waals surface area contributed by atoms with E-state index in [1.165, 1.54) is 12.1 Å². The number of hydrogen-bond donors (Lipinski definition) is 2. The average molecular weight is 314 g/mol. The van der Waals surface area contributed by atoms with Crippen molar-refractivity contribution in [3.05, 3.63) is 48.0 Å². The number of primary amides is 1. The Morgan fingerprint density at radius 3 is 2.57 bits per heavy atom. The molecule has 1 aliphatic rings. The Hall–Kier alpha value is -3.22. The van der Waals surface area contributed by atoms with Gasteiger partial charge in [-0.1, -0.05) is 0 Å². The third kappa shape index (κ3) is 3.52. The molecule has 3 rings (SSSR count). The third-order valence-electron chi connectivity index (χ3n) is 3.17. The molecule has 0 fully saturated rings. The van der Waals surface area contributed by atoms with E-state index in [-0.39, 0.29) is 19.3 Å². The zero-order valence-corrected chi connectivity index (χ0v) is 12.1. The molecule has 118 valence electrons. The minimum Gasteiger partial charge on any atom is -0.484 e. The Morgan fingerprint density at radius 2 is 1.83 bits per heavy atom. The van der Waals surface area contributed by atoms with Crippen LogP contribution < -0.4 is 25.3 Å². The van der Waals surface area contributed by atoms with Crippen LogP contribution in [0.1, 0.15) is 10.4 Å². The molecule has 0 saturated carbocycles. The summed E-state index contributed by atoms with van der Waals surface area (Å²) >= 11 is 0. The second-order valence-corrected chi connectivity index (χ2v) is 4.79. The number of fused-ring (bicyclic) bond motifs is 1. The van der Waals surface area contributed by atoms with Crippen LogP contribution in [0.5, 0.6) is 17.2 Å². The molecule has 0 radical (unpaired) electrons. The SMILES string of the molecule is NC(=O)c1ccc(NC(=O)COc2ccc3c(c2)OCO3)cc1. The average Bonchev–Trinajstić information content (AvgIpc) is 3.01. The van der Waals surface area contributed by atoms with E-state index < -0.39 is 5.91 Å². The highest BCUT2D eigenvalue weighted by atomic mass is 16.7. The van der Waals surface area contributed by atoms with E-state index >= 15 is 0 Å². The Bertz CT molecular complexity index is 743. The topological polar surface area (TPSA) is 99.9 Å². The van der Waals surface area contributed by atoms with Gasteiger partial charge in [0, 0.05) is 17.3 Å². The van der Waals surface area contributed by atoms with Crippen LogP contribution >= 0.6 is 0 Å². The minimum atomic E-state index is -0.519. The van der Waals surface area contributed by atoms with Crippen molar-refractivity contribution < 1.29 is 23.8 Å². The molecule has 2 aromatic carbocycles. The highest BCUT2D eigenvalue weighted by Crippen LogP contribution is 2.35. The normalized spacial score (nSPS) is 11.8. The number of carbonyl (C=O) groups is 2. The number of amides is 2. The van der Waals surface area contributed by atoms with E-state index in [0.29, 0.717) is 28.5 Å². The zero-order chi connectivity index (χ0) is 16.2. The first kappa shape index (κ1) is 14.7. The summed E-state index contributed by atoms with van der Waals surface area (Å²) in [5, 5.41) is 2.66. The largest absolute Gasteiger partial charge is 0.484 e. The third-order valence-corrected chi connectivity index (χ3v) is 3.17. The van der Waals surface area contributed by atoms with Crippen molar-refractivity contribution in [2.45, 2.75) is 0 Å². The van der Waals surface area contributed by atoms with Gasteiger partial charge in [0.15, 0.2) is 18.1 Å². The first-order valence-corrected chi connectivity index (χ1v) is 6.84. The summed E-state index contributed by atoms with van der Waals surface area (Å²) in [5.41, 5.74) is 6.08. The molecule has 0 saturated heterocycles. The Balaban J connectivity index is 1.54. The van der Waals surface area contributed by atoms with Crippen molar-refractivity contribution in [2.24, 2.45) is 5.73 Å². The van der Waals surface area contributed by atoms with Gasteiger partial charge in [-0.15, -0.1) is 0 Å². The van der Waals surface area contributed by atoms with Gasteiger partial charge < -0.3 is 25.3 Å². The Morgan fingerprint density at radius 1 is 1.09 bits per heavy atom. The maximum Gasteiger partial charge on any atom is 0.262 e. The molecule has 0 unspecified atom stereocenters. The van der Waals surface area contributed by atoms with Crippen LogP contribution in [0.3, 0.4) is 0 Å². The van der Waals surface area contributed by atoms with Crippen LogP contribution in [-0.2, 0) is 4.79 Å². The molecule has 0 spiro atoms. The van der Waals surface area contributed by atoms with Crippen molar-refractivity contribution in [2.75, 3.05) is 18.7 Å². The summed E-state index contributed by atoms with van der Waals surface area (Å²) in [6.45, 7) is 0.0256. The predicted molar refractivity (Wildman–Crippen MR) is 81.6 cm³/mol. The maximum absolute atomic E-state index is 11.9. The smallest absolute Gasteiger partial charge is 0.262 e. The Labute approximate surface area is 131 Å². The summed E-state index contributed by atoms with van der Waals surface area (Å²) in [4.78, 5) is 22.8. The van der Waals surface area contributed by atoms with Crippen LogP contribution in [-0.4, -0.2) is 25.2 Å². The molecular formula is C16H14N2O5. The number of anilines is 1. The molecule has 7 heteroatoms. The van der Waals surface area contributed by atoms with E-state index in [2.05, 4.69) is 5.32 Å². The molecule has 0 aromatic heterocycles. The van der Waals surface area contributed by atoms with Crippen LogP contribution in [0.25, 0.3) is 0 Å². The van der Waals surface area contributed by atoms with E-state index in [4.69, 9.17) is 19.9 Å². The maximum atomic E-state index is 11.9. The fraction of sp³-hybridized carbons (Fsp3) is 0.125.